The average molecular weight is 393 g/mol. The molecule has 0 bridgehead atoms. The predicted molar refractivity (Wildman–Crippen MR) is 118 cm³/mol. The van der Waals surface area contributed by atoms with Gasteiger partial charge in [-0.15, -0.1) is 0 Å². The fourth-order valence-electron chi connectivity index (χ4n) is 8.79. The second-order valence-electron chi connectivity index (χ2n) is 10.9. The Morgan fingerprint density at radius 2 is 1.61 bits per heavy atom. The van der Waals surface area contributed by atoms with Gasteiger partial charge in [-0.25, -0.2) is 9.78 Å². The molecule has 4 fully saturated rings. The van der Waals surface area contributed by atoms with E-state index in [-0.39, 0.29) is 0 Å². The molecule has 0 heterocycles. The number of hydrogen-bond donors (Lipinski definition) is 0. The number of fused-ring (bicyclic) bond motifs is 5. The Bertz CT molecular complexity index is 491. The number of rotatable bonds is 5. The van der Waals surface area contributed by atoms with Crippen molar-refractivity contribution < 1.29 is 9.78 Å². The second kappa shape index (κ2) is 9.38. The summed E-state index contributed by atoms with van der Waals surface area (Å²) in [4.78, 5) is 10.0. The zero-order valence-corrected chi connectivity index (χ0v) is 19.8. The third kappa shape index (κ3) is 3.82. The monoisotopic (exact) mass is 392 g/mol. The Balaban J connectivity index is 0.00000109. The molecule has 0 aromatic rings. The maximum Gasteiger partial charge on any atom is 0.0824 e. The van der Waals surface area contributed by atoms with E-state index in [9.17, 15) is 0 Å². The lowest BCUT2D eigenvalue weighted by Gasteiger charge is -2.61. The summed E-state index contributed by atoms with van der Waals surface area (Å²) in [5.41, 5.74) is 1.27. The van der Waals surface area contributed by atoms with E-state index in [1.54, 1.807) is 13.5 Å². The van der Waals surface area contributed by atoms with Crippen molar-refractivity contribution in [3.05, 3.63) is 0 Å². The van der Waals surface area contributed by atoms with E-state index in [0.29, 0.717) is 10.8 Å². The quantitative estimate of drug-likeness (QED) is 0.271. The standard InChI is InChI=1S/C24H42O2.C2H6/c1-17(13-16-26-25-4)20-10-11-21-19-9-8-18-7-5-6-14-23(18,2)22(19)12-15-24(20,21)3;1-2/h17-22H,5-16H2,1-4H3;1-2H3. The summed E-state index contributed by atoms with van der Waals surface area (Å²) in [6.07, 6.45) is 16.2. The van der Waals surface area contributed by atoms with E-state index in [4.69, 9.17) is 9.78 Å². The maximum absolute atomic E-state index is 5.19. The molecule has 2 heteroatoms. The van der Waals surface area contributed by atoms with Gasteiger partial charge in [0.25, 0.3) is 0 Å². The molecule has 0 spiro atoms. The van der Waals surface area contributed by atoms with Gasteiger partial charge in [-0.1, -0.05) is 47.5 Å². The summed E-state index contributed by atoms with van der Waals surface area (Å²) < 4.78 is 0. The van der Waals surface area contributed by atoms with E-state index >= 15 is 0 Å². The van der Waals surface area contributed by atoms with Crippen LogP contribution in [-0.4, -0.2) is 13.7 Å². The molecular formula is C26H48O2. The fraction of sp³-hybridized carbons (Fsp3) is 1.00. The molecule has 4 aliphatic carbocycles. The summed E-state index contributed by atoms with van der Waals surface area (Å²) >= 11 is 0. The van der Waals surface area contributed by atoms with E-state index < -0.39 is 0 Å². The first-order valence-corrected chi connectivity index (χ1v) is 12.7. The highest BCUT2D eigenvalue weighted by Gasteiger charge is 2.60. The molecule has 164 valence electrons. The van der Waals surface area contributed by atoms with Gasteiger partial charge in [0.2, 0.25) is 0 Å². The van der Waals surface area contributed by atoms with Crippen molar-refractivity contribution in [2.45, 2.75) is 105 Å². The molecule has 4 rings (SSSR count). The molecule has 8 unspecified atom stereocenters. The highest BCUT2D eigenvalue weighted by atomic mass is 17.2. The van der Waals surface area contributed by atoms with Crippen molar-refractivity contribution in [2.75, 3.05) is 13.7 Å². The highest BCUT2D eigenvalue weighted by Crippen LogP contribution is 2.68. The van der Waals surface area contributed by atoms with Crippen LogP contribution in [0, 0.1) is 46.3 Å². The van der Waals surface area contributed by atoms with Crippen LogP contribution < -0.4 is 0 Å². The molecule has 0 saturated heterocycles. The van der Waals surface area contributed by atoms with Crippen LogP contribution in [0.2, 0.25) is 0 Å². The SMILES string of the molecule is CC.COOCCC(C)C1CCC2C3CCC4CCCCC4(C)C3CCC12C. The van der Waals surface area contributed by atoms with E-state index in [1.807, 2.05) is 13.8 Å². The minimum Gasteiger partial charge on any atom is -0.240 e. The Hall–Kier alpha value is -0.0800. The first-order valence-electron chi connectivity index (χ1n) is 12.7. The Morgan fingerprint density at radius 3 is 2.36 bits per heavy atom. The molecule has 0 aliphatic heterocycles. The van der Waals surface area contributed by atoms with Gasteiger partial charge in [0.1, 0.15) is 0 Å². The summed E-state index contributed by atoms with van der Waals surface area (Å²) in [5.74, 6) is 5.76. The minimum absolute atomic E-state index is 0.589. The molecule has 0 amide bonds. The van der Waals surface area contributed by atoms with Crippen LogP contribution in [0.3, 0.4) is 0 Å². The molecule has 0 radical (unpaired) electrons. The van der Waals surface area contributed by atoms with E-state index in [2.05, 4.69) is 20.8 Å². The van der Waals surface area contributed by atoms with Gasteiger partial charge < -0.3 is 0 Å². The molecule has 0 aromatic heterocycles. The van der Waals surface area contributed by atoms with Gasteiger partial charge in [0.05, 0.1) is 13.7 Å². The summed E-state index contributed by atoms with van der Waals surface area (Å²) in [6.45, 7) is 12.6. The highest BCUT2D eigenvalue weighted by molar-refractivity contribution is 5.09. The van der Waals surface area contributed by atoms with Crippen molar-refractivity contribution in [3.63, 3.8) is 0 Å². The molecule has 28 heavy (non-hydrogen) atoms. The molecule has 0 N–H and O–H groups in total. The van der Waals surface area contributed by atoms with Crippen LogP contribution in [0.5, 0.6) is 0 Å². The van der Waals surface area contributed by atoms with Gasteiger partial charge in [-0.05, 0) is 104 Å². The third-order valence-corrected chi connectivity index (χ3v) is 10.1. The van der Waals surface area contributed by atoms with Gasteiger partial charge in [-0.2, -0.15) is 0 Å². The topological polar surface area (TPSA) is 18.5 Å². The van der Waals surface area contributed by atoms with Crippen molar-refractivity contribution in [2.24, 2.45) is 46.3 Å². The minimum atomic E-state index is 0.589. The lowest BCUT2D eigenvalue weighted by molar-refractivity contribution is -0.274. The van der Waals surface area contributed by atoms with Crippen LogP contribution in [-0.2, 0) is 9.78 Å². The number of hydrogen-bond acceptors (Lipinski definition) is 2. The van der Waals surface area contributed by atoms with Crippen molar-refractivity contribution in [1.82, 2.24) is 0 Å². The smallest absolute Gasteiger partial charge is 0.0824 e. The lowest BCUT2D eigenvalue weighted by atomic mass is 9.44. The Labute approximate surface area is 175 Å². The van der Waals surface area contributed by atoms with Crippen molar-refractivity contribution >= 4 is 0 Å². The lowest BCUT2D eigenvalue weighted by Crippen LogP contribution is -2.53. The van der Waals surface area contributed by atoms with Gasteiger partial charge in [-0.3, -0.25) is 0 Å². The van der Waals surface area contributed by atoms with Crippen LogP contribution in [0.1, 0.15) is 105 Å². The summed E-state index contributed by atoms with van der Waals surface area (Å²) in [7, 11) is 1.63. The van der Waals surface area contributed by atoms with Crippen LogP contribution in [0.4, 0.5) is 0 Å². The van der Waals surface area contributed by atoms with Crippen molar-refractivity contribution in [3.8, 4) is 0 Å². The molecule has 2 nitrogen and oxygen atoms in total. The van der Waals surface area contributed by atoms with Gasteiger partial charge in [0.15, 0.2) is 0 Å². The molecule has 4 aliphatic rings. The normalized spacial score (nSPS) is 45.9. The average Bonchev–Trinajstić information content (AvgIpc) is 3.06. The van der Waals surface area contributed by atoms with Gasteiger partial charge in [0, 0.05) is 0 Å². The van der Waals surface area contributed by atoms with Crippen LogP contribution in [0.15, 0.2) is 0 Å². The van der Waals surface area contributed by atoms with Gasteiger partial charge >= 0.3 is 0 Å². The zero-order valence-electron chi connectivity index (χ0n) is 19.8. The fourth-order valence-corrected chi connectivity index (χ4v) is 8.79. The van der Waals surface area contributed by atoms with E-state index in [1.165, 1.54) is 57.8 Å². The Morgan fingerprint density at radius 1 is 0.857 bits per heavy atom. The largest absolute Gasteiger partial charge is 0.240 e. The summed E-state index contributed by atoms with van der Waals surface area (Å²) in [6, 6.07) is 0. The van der Waals surface area contributed by atoms with Crippen LogP contribution >= 0.6 is 0 Å². The first kappa shape index (κ1) is 22.6. The van der Waals surface area contributed by atoms with E-state index in [0.717, 1.165) is 48.5 Å². The molecule has 0 aromatic carbocycles. The van der Waals surface area contributed by atoms with Crippen molar-refractivity contribution in [1.29, 1.82) is 0 Å². The zero-order chi connectivity index (χ0) is 20.4. The molecule has 4 saturated carbocycles. The predicted octanol–water partition coefficient (Wildman–Crippen LogP) is 7.67. The van der Waals surface area contributed by atoms with Crippen LogP contribution in [0.25, 0.3) is 0 Å². The second-order valence-corrected chi connectivity index (χ2v) is 10.9. The first-order chi connectivity index (χ1) is 13.5. The molecule has 8 atom stereocenters. The maximum atomic E-state index is 5.19. The third-order valence-electron chi connectivity index (χ3n) is 10.1. The molecular weight excluding hydrogens is 344 g/mol. The summed E-state index contributed by atoms with van der Waals surface area (Å²) in [5, 5.41) is 0. The Kier molecular flexibility index (Phi) is 7.57.